The quantitative estimate of drug-likeness (QED) is 0.776. The van der Waals surface area contributed by atoms with Crippen LogP contribution in [-0.2, 0) is 0 Å². The van der Waals surface area contributed by atoms with Crippen LogP contribution in [0.25, 0.3) is 11.4 Å². The minimum Gasteiger partial charge on any atom is -0.255 e. The molecular formula is C14H16N2. The zero-order valence-corrected chi connectivity index (χ0v) is 9.72. The van der Waals surface area contributed by atoms with Crippen molar-refractivity contribution in [3.63, 3.8) is 0 Å². The second-order valence-corrected chi connectivity index (χ2v) is 3.97. The maximum absolute atomic E-state index is 4.65. The van der Waals surface area contributed by atoms with Gasteiger partial charge in [-0.25, -0.2) is 0 Å². The number of pyridine rings is 2. The normalized spacial score (nSPS) is 12.4. The lowest BCUT2D eigenvalue weighted by Gasteiger charge is -2.09. The highest BCUT2D eigenvalue weighted by atomic mass is 14.8. The molecule has 0 aromatic carbocycles. The van der Waals surface area contributed by atoms with Gasteiger partial charge < -0.3 is 0 Å². The molecule has 2 aromatic rings. The van der Waals surface area contributed by atoms with Gasteiger partial charge in [0, 0.05) is 11.9 Å². The van der Waals surface area contributed by atoms with Crippen molar-refractivity contribution in [3.8, 4) is 11.4 Å². The number of aromatic nitrogens is 2. The lowest BCUT2D eigenvalue weighted by atomic mass is 10.0. The van der Waals surface area contributed by atoms with Crippen molar-refractivity contribution in [2.45, 2.75) is 26.2 Å². The second-order valence-electron chi connectivity index (χ2n) is 3.97. The average molecular weight is 212 g/mol. The Morgan fingerprint density at radius 1 is 1.06 bits per heavy atom. The van der Waals surface area contributed by atoms with Crippen LogP contribution in [0.5, 0.6) is 0 Å². The van der Waals surface area contributed by atoms with Crippen LogP contribution in [0.3, 0.4) is 0 Å². The summed E-state index contributed by atoms with van der Waals surface area (Å²) in [5.74, 6) is 0.503. The Labute approximate surface area is 96.4 Å². The van der Waals surface area contributed by atoms with Crippen molar-refractivity contribution in [2.24, 2.45) is 0 Å². The Kier molecular flexibility index (Phi) is 3.30. The van der Waals surface area contributed by atoms with Gasteiger partial charge in [0.25, 0.3) is 0 Å². The van der Waals surface area contributed by atoms with E-state index >= 15 is 0 Å². The molecular weight excluding hydrogens is 196 g/mol. The van der Waals surface area contributed by atoms with Gasteiger partial charge in [-0.2, -0.15) is 0 Å². The van der Waals surface area contributed by atoms with Gasteiger partial charge in [0.05, 0.1) is 11.4 Å². The van der Waals surface area contributed by atoms with Crippen molar-refractivity contribution < 1.29 is 0 Å². The molecule has 0 radical (unpaired) electrons. The minimum absolute atomic E-state index is 0.503. The molecule has 16 heavy (non-hydrogen) atoms. The fourth-order valence-corrected chi connectivity index (χ4v) is 1.59. The molecule has 0 unspecified atom stereocenters. The summed E-state index contributed by atoms with van der Waals surface area (Å²) in [5, 5.41) is 0. The number of hydrogen-bond donors (Lipinski definition) is 0. The zero-order valence-electron chi connectivity index (χ0n) is 9.72. The summed E-state index contributed by atoms with van der Waals surface area (Å²) in [6.07, 6.45) is 2.91. The first kappa shape index (κ1) is 10.8. The molecule has 0 saturated heterocycles. The summed E-state index contributed by atoms with van der Waals surface area (Å²) in [7, 11) is 0. The fraction of sp³-hybridized carbons (Fsp3) is 0.286. The van der Waals surface area contributed by atoms with Crippen LogP contribution in [0.2, 0.25) is 0 Å². The van der Waals surface area contributed by atoms with E-state index in [0.717, 1.165) is 23.5 Å². The van der Waals surface area contributed by atoms with Crippen LogP contribution < -0.4 is 0 Å². The first-order valence-corrected chi connectivity index (χ1v) is 5.69. The Morgan fingerprint density at radius 2 is 1.88 bits per heavy atom. The third-order valence-electron chi connectivity index (χ3n) is 2.82. The van der Waals surface area contributed by atoms with E-state index in [-0.39, 0.29) is 0 Å². The standard InChI is InChI=1S/C14H16N2/c1-3-11(2)12-8-6-9-14(16-12)13-7-4-5-10-15-13/h4-11H,3H2,1-2H3/t11-/m0/s1. The van der Waals surface area contributed by atoms with Crippen LogP contribution in [0.1, 0.15) is 31.9 Å². The number of nitrogens with zero attached hydrogens (tertiary/aromatic N) is 2. The van der Waals surface area contributed by atoms with Gasteiger partial charge in [-0.1, -0.05) is 26.0 Å². The van der Waals surface area contributed by atoms with E-state index in [4.69, 9.17) is 0 Å². The number of rotatable bonds is 3. The van der Waals surface area contributed by atoms with Crippen LogP contribution in [0.15, 0.2) is 42.6 Å². The predicted molar refractivity (Wildman–Crippen MR) is 66.2 cm³/mol. The Balaban J connectivity index is 2.36. The van der Waals surface area contributed by atoms with Crippen molar-refractivity contribution in [1.82, 2.24) is 9.97 Å². The van der Waals surface area contributed by atoms with Gasteiger partial charge >= 0.3 is 0 Å². The third-order valence-corrected chi connectivity index (χ3v) is 2.82. The van der Waals surface area contributed by atoms with Gasteiger partial charge in [0.1, 0.15) is 0 Å². The number of hydrogen-bond acceptors (Lipinski definition) is 2. The van der Waals surface area contributed by atoms with Crippen molar-refractivity contribution in [2.75, 3.05) is 0 Å². The van der Waals surface area contributed by atoms with Gasteiger partial charge in [-0.3, -0.25) is 9.97 Å². The SMILES string of the molecule is CC[C@H](C)c1cccc(-c2ccccn2)n1. The summed E-state index contributed by atoms with van der Waals surface area (Å²) < 4.78 is 0. The monoisotopic (exact) mass is 212 g/mol. The Hall–Kier alpha value is -1.70. The van der Waals surface area contributed by atoms with E-state index in [9.17, 15) is 0 Å². The summed E-state index contributed by atoms with van der Waals surface area (Å²) in [6.45, 7) is 4.38. The van der Waals surface area contributed by atoms with Crippen molar-refractivity contribution in [3.05, 3.63) is 48.3 Å². The van der Waals surface area contributed by atoms with Crippen molar-refractivity contribution in [1.29, 1.82) is 0 Å². The summed E-state index contributed by atoms with van der Waals surface area (Å²) in [4.78, 5) is 8.96. The van der Waals surface area contributed by atoms with E-state index in [2.05, 4.69) is 35.9 Å². The maximum atomic E-state index is 4.65. The molecule has 0 aliphatic carbocycles. The first-order chi connectivity index (χ1) is 7.81. The van der Waals surface area contributed by atoms with E-state index < -0.39 is 0 Å². The topological polar surface area (TPSA) is 25.8 Å². The Bertz CT molecular complexity index is 451. The van der Waals surface area contributed by atoms with Crippen LogP contribution in [0.4, 0.5) is 0 Å². The highest BCUT2D eigenvalue weighted by molar-refractivity contribution is 5.53. The first-order valence-electron chi connectivity index (χ1n) is 5.69. The fourth-order valence-electron chi connectivity index (χ4n) is 1.59. The third kappa shape index (κ3) is 2.27. The highest BCUT2D eigenvalue weighted by Gasteiger charge is 2.06. The van der Waals surface area contributed by atoms with Gasteiger partial charge in [0.2, 0.25) is 0 Å². The highest BCUT2D eigenvalue weighted by Crippen LogP contribution is 2.20. The smallest absolute Gasteiger partial charge is 0.0889 e. The van der Waals surface area contributed by atoms with E-state index in [1.54, 1.807) is 6.20 Å². The van der Waals surface area contributed by atoms with Gasteiger partial charge in [0.15, 0.2) is 0 Å². The van der Waals surface area contributed by atoms with Crippen LogP contribution >= 0.6 is 0 Å². The molecule has 2 heteroatoms. The molecule has 0 aliphatic heterocycles. The molecule has 2 heterocycles. The molecule has 0 saturated carbocycles. The van der Waals surface area contributed by atoms with E-state index in [1.807, 2.05) is 24.3 Å². The average Bonchev–Trinajstić information content (AvgIpc) is 2.39. The molecule has 0 aliphatic rings. The molecule has 0 N–H and O–H groups in total. The van der Waals surface area contributed by atoms with Crippen molar-refractivity contribution >= 4 is 0 Å². The summed E-state index contributed by atoms with van der Waals surface area (Å²) in [5.41, 5.74) is 3.04. The molecule has 0 spiro atoms. The van der Waals surface area contributed by atoms with Crippen LogP contribution in [-0.4, -0.2) is 9.97 Å². The molecule has 0 bridgehead atoms. The van der Waals surface area contributed by atoms with E-state index in [0.29, 0.717) is 5.92 Å². The molecule has 82 valence electrons. The molecule has 1 atom stereocenters. The molecule has 2 nitrogen and oxygen atoms in total. The summed E-state index contributed by atoms with van der Waals surface area (Å²) >= 11 is 0. The minimum atomic E-state index is 0.503. The predicted octanol–water partition coefficient (Wildman–Crippen LogP) is 3.66. The molecule has 2 rings (SSSR count). The summed E-state index contributed by atoms with van der Waals surface area (Å²) in [6, 6.07) is 12.0. The van der Waals surface area contributed by atoms with Crippen LogP contribution in [0, 0.1) is 0 Å². The zero-order chi connectivity index (χ0) is 11.4. The Morgan fingerprint density at radius 3 is 2.56 bits per heavy atom. The van der Waals surface area contributed by atoms with E-state index in [1.165, 1.54) is 0 Å². The largest absolute Gasteiger partial charge is 0.255 e. The lowest BCUT2D eigenvalue weighted by Crippen LogP contribution is -1.97. The molecule has 2 aromatic heterocycles. The van der Waals surface area contributed by atoms with Gasteiger partial charge in [-0.15, -0.1) is 0 Å². The molecule has 0 amide bonds. The molecule has 0 fully saturated rings. The second kappa shape index (κ2) is 4.88. The lowest BCUT2D eigenvalue weighted by molar-refractivity contribution is 0.709. The maximum Gasteiger partial charge on any atom is 0.0889 e. The van der Waals surface area contributed by atoms with Gasteiger partial charge in [-0.05, 0) is 36.6 Å².